The SMILES string of the molecule is CC(NC(=O)c1cc2cc(N)ccc2[nH]1)C(N)=O. The number of nitrogen functional groups attached to an aromatic ring is 1. The zero-order valence-corrected chi connectivity index (χ0v) is 9.86. The number of hydrogen-bond acceptors (Lipinski definition) is 3. The molecule has 1 heterocycles. The van der Waals surface area contributed by atoms with Crippen molar-refractivity contribution in [3.05, 3.63) is 30.0 Å². The summed E-state index contributed by atoms with van der Waals surface area (Å²) in [7, 11) is 0. The van der Waals surface area contributed by atoms with E-state index in [1.807, 2.05) is 0 Å². The van der Waals surface area contributed by atoms with Crippen molar-refractivity contribution in [2.24, 2.45) is 5.73 Å². The highest BCUT2D eigenvalue weighted by atomic mass is 16.2. The summed E-state index contributed by atoms with van der Waals surface area (Å²) in [6.45, 7) is 1.53. The molecular formula is C12H14N4O2. The number of aromatic amines is 1. The molecule has 0 spiro atoms. The first-order valence-electron chi connectivity index (χ1n) is 5.46. The molecule has 94 valence electrons. The van der Waals surface area contributed by atoms with E-state index in [0.29, 0.717) is 11.4 Å². The van der Waals surface area contributed by atoms with Crippen molar-refractivity contribution in [2.45, 2.75) is 13.0 Å². The number of benzene rings is 1. The molecule has 1 unspecified atom stereocenters. The van der Waals surface area contributed by atoms with Gasteiger partial charge in [-0.15, -0.1) is 0 Å². The summed E-state index contributed by atoms with van der Waals surface area (Å²) in [6.07, 6.45) is 0. The van der Waals surface area contributed by atoms with Gasteiger partial charge in [0.15, 0.2) is 0 Å². The molecule has 0 radical (unpaired) electrons. The fourth-order valence-electron chi connectivity index (χ4n) is 1.62. The molecule has 1 atom stereocenters. The van der Waals surface area contributed by atoms with Crippen molar-refractivity contribution in [1.82, 2.24) is 10.3 Å². The van der Waals surface area contributed by atoms with Crippen LogP contribution in [0.1, 0.15) is 17.4 Å². The average Bonchev–Trinajstić information content (AvgIpc) is 2.71. The topological polar surface area (TPSA) is 114 Å². The van der Waals surface area contributed by atoms with Crippen LogP contribution in [0, 0.1) is 0 Å². The second-order valence-corrected chi connectivity index (χ2v) is 4.13. The van der Waals surface area contributed by atoms with Crippen molar-refractivity contribution < 1.29 is 9.59 Å². The van der Waals surface area contributed by atoms with Gasteiger partial charge in [0.05, 0.1) is 0 Å². The van der Waals surface area contributed by atoms with E-state index < -0.39 is 11.9 Å². The number of aromatic nitrogens is 1. The number of primary amides is 1. The van der Waals surface area contributed by atoms with Gasteiger partial charge in [-0.1, -0.05) is 0 Å². The molecule has 1 aromatic heterocycles. The summed E-state index contributed by atoms with van der Waals surface area (Å²) >= 11 is 0. The summed E-state index contributed by atoms with van der Waals surface area (Å²) < 4.78 is 0. The molecule has 1 aromatic carbocycles. The lowest BCUT2D eigenvalue weighted by Crippen LogP contribution is -2.42. The maximum atomic E-state index is 11.8. The third kappa shape index (κ3) is 2.27. The molecule has 0 aliphatic carbocycles. The molecule has 0 saturated heterocycles. The highest BCUT2D eigenvalue weighted by molar-refractivity contribution is 6.00. The number of H-pyrrole nitrogens is 1. The standard InChI is InChI=1S/C12H14N4O2/c1-6(11(14)17)15-12(18)10-5-7-4-8(13)2-3-9(7)16-10/h2-6,16H,13H2,1H3,(H2,14,17)(H,15,18). The van der Waals surface area contributed by atoms with Gasteiger partial charge in [0, 0.05) is 16.6 Å². The predicted molar refractivity (Wildman–Crippen MR) is 68.8 cm³/mol. The first kappa shape index (κ1) is 12.0. The minimum Gasteiger partial charge on any atom is -0.399 e. The monoisotopic (exact) mass is 246 g/mol. The van der Waals surface area contributed by atoms with Crippen LogP contribution < -0.4 is 16.8 Å². The Morgan fingerprint density at radius 3 is 2.72 bits per heavy atom. The molecular weight excluding hydrogens is 232 g/mol. The first-order valence-corrected chi connectivity index (χ1v) is 5.46. The van der Waals surface area contributed by atoms with Gasteiger partial charge in [-0.2, -0.15) is 0 Å². The summed E-state index contributed by atoms with van der Waals surface area (Å²) in [5.74, 6) is -0.959. The molecule has 0 aliphatic rings. The van der Waals surface area contributed by atoms with E-state index in [0.717, 1.165) is 10.9 Å². The van der Waals surface area contributed by atoms with Gasteiger partial charge in [0.25, 0.3) is 5.91 Å². The largest absolute Gasteiger partial charge is 0.399 e. The molecule has 0 aliphatic heterocycles. The lowest BCUT2D eigenvalue weighted by Gasteiger charge is -2.08. The third-order valence-corrected chi connectivity index (χ3v) is 2.66. The second-order valence-electron chi connectivity index (χ2n) is 4.13. The molecule has 2 amide bonds. The highest BCUT2D eigenvalue weighted by Crippen LogP contribution is 2.18. The molecule has 0 bridgehead atoms. The van der Waals surface area contributed by atoms with E-state index in [4.69, 9.17) is 11.5 Å². The van der Waals surface area contributed by atoms with Gasteiger partial charge in [0.2, 0.25) is 5.91 Å². The Bertz CT molecular complexity index is 618. The van der Waals surface area contributed by atoms with Crippen LogP contribution in [0.3, 0.4) is 0 Å². The molecule has 2 rings (SSSR count). The quantitative estimate of drug-likeness (QED) is 0.586. The Morgan fingerprint density at radius 2 is 2.06 bits per heavy atom. The molecule has 6 nitrogen and oxygen atoms in total. The van der Waals surface area contributed by atoms with Crippen LogP contribution >= 0.6 is 0 Å². The smallest absolute Gasteiger partial charge is 0.268 e. The van der Waals surface area contributed by atoms with Crippen LogP contribution in [0.2, 0.25) is 0 Å². The van der Waals surface area contributed by atoms with E-state index in [-0.39, 0.29) is 5.91 Å². The van der Waals surface area contributed by atoms with Crippen molar-refractivity contribution in [3.8, 4) is 0 Å². The van der Waals surface area contributed by atoms with E-state index in [2.05, 4.69) is 10.3 Å². The number of fused-ring (bicyclic) bond motifs is 1. The minimum atomic E-state index is -0.714. The average molecular weight is 246 g/mol. The van der Waals surface area contributed by atoms with Crippen LogP contribution in [0.25, 0.3) is 10.9 Å². The molecule has 0 fully saturated rings. The molecule has 18 heavy (non-hydrogen) atoms. The van der Waals surface area contributed by atoms with Gasteiger partial charge in [0.1, 0.15) is 11.7 Å². The maximum Gasteiger partial charge on any atom is 0.268 e. The van der Waals surface area contributed by atoms with Crippen LogP contribution in [-0.4, -0.2) is 22.8 Å². The fourth-order valence-corrected chi connectivity index (χ4v) is 1.62. The van der Waals surface area contributed by atoms with Crippen molar-refractivity contribution in [2.75, 3.05) is 5.73 Å². The zero-order valence-electron chi connectivity index (χ0n) is 9.86. The van der Waals surface area contributed by atoms with Gasteiger partial charge in [-0.25, -0.2) is 0 Å². The highest BCUT2D eigenvalue weighted by Gasteiger charge is 2.15. The summed E-state index contributed by atoms with van der Waals surface area (Å²) in [4.78, 5) is 25.6. The number of nitrogens with two attached hydrogens (primary N) is 2. The van der Waals surface area contributed by atoms with Crippen molar-refractivity contribution >= 4 is 28.4 Å². The van der Waals surface area contributed by atoms with Gasteiger partial charge >= 0.3 is 0 Å². The van der Waals surface area contributed by atoms with Gasteiger partial charge in [-0.05, 0) is 31.2 Å². The Kier molecular flexibility index (Phi) is 2.93. The van der Waals surface area contributed by atoms with Crippen molar-refractivity contribution in [3.63, 3.8) is 0 Å². The summed E-state index contributed by atoms with van der Waals surface area (Å²) in [5.41, 5.74) is 12.5. The van der Waals surface area contributed by atoms with E-state index >= 15 is 0 Å². The number of amides is 2. The molecule has 2 aromatic rings. The van der Waals surface area contributed by atoms with Crippen LogP contribution in [0.5, 0.6) is 0 Å². The molecule has 6 heteroatoms. The van der Waals surface area contributed by atoms with Gasteiger partial charge in [-0.3, -0.25) is 9.59 Å². The Hall–Kier alpha value is -2.50. The number of carbonyl (C=O) groups excluding carboxylic acids is 2. The van der Waals surface area contributed by atoms with Crippen molar-refractivity contribution in [1.29, 1.82) is 0 Å². The predicted octanol–water partition coefficient (Wildman–Crippen LogP) is 0.354. The third-order valence-electron chi connectivity index (χ3n) is 2.66. The lowest BCUT2D eigenvalue weighted by atomic mass is 10.2. The van der Waals surface area contributed by atoms with Crippen LogP contribution in [-0.2, 0) is 4.79 Å². The summed E-state index contributed by atoms with van der Waals surface area (Å²) in [6, 6.07) is 6.26. The summed E-state index contributed by atoms with van der Waals surface area (Å²) in [5, 5.41) is 3.33. The Balaban J connectivity index is 2.26. The number of nitrogens with one attached hydrogen (secondary N) is 2. The van der Waals surface area contributed by atoms with Gasteiger partial charge < -0.3 is 21.8 Å². The first-order chi connectivity index (χ1) is 8.47. The minimum absolute atomic E-state index is 0.365. The second kappa shape index (κ2) is 4.40. The van der Waals surface area contributed by atoms with Crippen LogP contribution in [0.4, 0.5) is 5.69 Å². The van der Waals surface area contributed by atoms with E-state index in [1.54, 1.807) is 24.3 Å². The number of carbonyl (C=O) groups is 2. The van der Waals surface area contributed by atoms with E-state index in [1.165, 1.54) is 6.92 Å². The number of rotatable bonds is 3. The molecule has 0 saturated carbocycles. The lowest BCUT2D eigenvalue weighted by molar-refractivity contribution is -0.119. The van der Waals surface area contributed by atoms with E-state index in [9.17, 15) is 9.59 Å². The zero-order chi connectivity index (χ0) is 13.3. The van der Waals surface area contributed by atoms with Crippen LogP contribution in [0.15, 0.2) is 24.3 Å². The number of anilines is 1. The Labute approximate surface area is 103 Å². The normalized spacial score (nSPS) is 12.3. The maximum absolute atomic E-state index is 11.8. The Morgan fingerprint density at radius 1 is 1.33 bits per heavy atom. The fraction of sp³-hybridized carbons (Fsp3) is 0.167. The number of hydrogen-bond donors (Lipinski definition) is 4. The molecule has 6 N–H and O–H groups in total.